The molecule has 1 aromatic carbocycles. The summed E-state index contributed by atoms with van der Waals surface area (Å²) in [6, 6.07) is 5.53. The van der Waals surface area contributed by atoms with Crippen LogP contribution in [0.3, 0.4) is 0 Å². The average Bonchev–Trinajstić information content (AvgIpc) is 3.00. The molecule has 8 nitrogen and oxygen atoms in total. The van der Waals surface area contributed by atoms with Crippen molar-refractivity contribution in [1.29, 1.82) is 0 Å². The Hall–Kier alpha value is -3.62. The maximum absolute atomic E-state index is 14.0. The van der Waals surface area contributed by atoms with E-state index in [9.17, 15) is 19.3 Å². The van der Waals surface area contributed by atoms with Gasteiger partial charge in [0.2, 0.25) is 5.82 Å². The number of hydrogen-bond acceptors (Lipinski definition) is 5. The fourth-order valence-electron chi connectivity index (χ4n) is 3.14. The molecular formula is C18H14FN5O3. The molecule has 3 heterocycles. The average molecular weight is 367 g/mol. The summed E-state index contributed by atoms with van der Waals surface area (Å²) in [6.07, 6.45) is 4.35. The first-order valence-corrected chi connectivity index (χ1v) is 8.31. The summed E-state index contributed by atoms with van der Waals surface area (Å²) in [5, 5.41) is 11.6. The molecule has 4 rings (SSSR count). The number of rotatable bonds is 4. The third kappa shape index (κ3) is 2.73. The third-order valence-corrected chi connectivity index (χ3v) is 4.31. The van der Waals surface area contributed by atoms with Crippen LogP contribution in [0.4, 0.5) is 10.1 Å². The van der Waals surface area contributed by atoms with Crippen LogP contribution in [0.15, 0.2) is 41.5 Å². The van der Waals surface area contributed by atoms with Gasteiger partial charge < -0.3 is 9.55 Å². The number of aryl methyl sites for hydroxylation is 1. The van der Waals surface area contributed by atoms with Gasteiger partial charge >= 0.3 is 5.69 Å². The number of benzene rings is 1. The highest BCUT2D eigenvalue weighted by Crippen LogP contribution is 2.28. The Morgan fingerprint density at radius 1 is 1.37 bits per heavy atom. The molecule has 0 aliphatic carbocycles. The van der Waals surface area contributed by atoms with Crippen molar-refractivity contribution in [2.24, 2.45) is 0 Å². The minimum absolute atomic E-state index is 0.104. The third-order valence-electron chi connectivity index (χ3n) is 4.31. The van der Waals surface area contributed by atoms with Gasteiger partial charge in [-0.15, -0.1) is 0 Å². The van der Waals surface area contributed by atoms with Crippen LogP contribution in [0.5, 0.6) is 0 Å². The quantitative estimate of drug-likeness (QED) is 0.439. The van der Waals surface area contributed by atoms with Crippen LogP contribution >= 0.6 is 0 Å². The lowest BCUT2D eigenvalue weighted by Gasteiger charge is -2.03. The highest BCUT2D eigenvalue weighted by molar-refractivity contribution is 5.94. The summed E-state index contributed by atoms with van der Waals surface area (Å²) in [6.45, 7) is 2.75. The van der Waals surface area contributed by atoms with Crippen LogP contribution in [-0.4, -0.2) is 24.4 Å². The van der Waals surface area contributed by atoms with Crippen molar-refractivity contribution in [3.05, 3.63) is 62.9 Å². The molecule has 0 atom stereocenters. The first-order chi connectivity index (χ1) is 13.0. The van der Waals surface area contributed by atoms with Gasteiger partial charge in [0, 0.05) is 42.0 Å². The number of pyridine rings is 1. The number of halogens is 1. The van der Waals surface area contributed by atoms with Crippen molar-refractivity contribution in [3.8, 4) is 11.3 Å². The van der Waals surface area contributed by atoms with Gasteiger partial charge in [0.25, 0.3) is 5.56 Å². The maximum atomic E-state index is 14.0. The maximum Gasteiger partial charge on any atom is 0.307 e. The van der Waals surface area contributed by atoms with Crippen molar-refractivity contribution in [3.63, 3.8) is 0 Å². The second kappa shape index (κ2) is 6.27. The summed E-state index contributed by atoms with van der Waals surface area (Å²) < 4.78 is 15.9. The van der Waals surface area contributed by atoms with Gasteiger partial charge in [-0.25, -0.2) is 9.97 Å². The molecule has 4 aromatic rings. The summed E-state index contributed by atoms with van der Waals surface area (Å²) in [5.41, 5.74) is 0.433. The molecule has 0 amide bonds. The fraction of sp³-hybridized carbons (Fsp3) is 0.167. The molecule has 0 bridgehead atoms. The van der Waals surface area contributed by atoms with E-state index in [1.54, 1.807) is 18.5 Å². The van der Waals surface area contributed by atoms with Gasteiger partial charge in [-0.1, -0.05) is 6.92 Å². The largest absolute Gasteiger partial charge is 0.332 e. The fourth-order valence-corrected chi connectivity index (χ4v) is 3.14. The number of hydrogen-bond donors (Lipinski definition) is 1. The summed E-state index contributed by atoms with van der Waals surface area (Å²) in [7, 11) is 0. The normalized spacial score (nSPS) is 11.3. The van der Waals surface area contributed by atoms with Crippen molar-refractivity contribution in [2.45, 2.75) is 19.9 Å². The second-order valence-electron chi connectivity index (χ2n) is 6.10. The predicted molar refractivity (Wildman–Crippen MR) is 98.0 cm³/mol. The Balaban J connectivity index is 1.98. The molecule has 0 saturated carbocycles. The zero-order valence-corrected chi connectivity index (χ0v) is 14.3. The Bertz CT molecular complexity index is 1260. The molecule has 0 unspecified atom stereocenters. The highest BCUT2D eigenvalue weighted by atomic mass is 19.1. The molecule has 3 aromatic heterocycles. The Kier molecular flexibility index (Phi) is 3.91. The Morgan fingerprint density at radius 3 is 2.93 bits per heavy atom. The van der Waals surface area contributed by atoms with Crippen molar-refractivity contribution in [1.82, 2.24) is 19.5 Å². The van der Waals surface area contributed by atoms with E-state index in [4.69, 9.17) is 0 Å². The Morgan fingerprint density at radius 2 is 2.19 bits per heavy atom. The van der Waals surface area contributed by atoms with E-state index in [0.717, 1.165) is 36.1 Å². The Labute approximate surface area is 151 Å². The number of nitrogens with zero attached hydrogens (tertiary/aromatic N) is 4. The topological polar surface area (TPSA) is 107 Å². The highest BCUT2D eigenvalue weighted by Gasteiger charge is 2.19. The lowest BCUT2D eigenvalue weighted by Crippen LogP contribution is -2.12. The molecule has 27 heavy (non-hydrogen) atoms. The molecule has 0 aliphatic rings. The van der Waals surface area contributed by atoms with Gasteiger partial charge in [-0.2, -0.15) is 4.39 Å². The standard InChI is InChI=1S/C18H14FN5O3/c1-2-6-23-9-11(10-4-3-5-20-17(10)23)16-18(25)22-14-8-15(24(26)27)12(19)7-13(14)21-16/h3-5,7-9H,2,6H2,1H3,(H,22,25). The van der Waals surface area contributed by atoms with Crippen LogP contribution in [0.25, 0.3) is 33.3 Å². The van der Waals surface area contributed by atoms with Crippen LogP contribution in [-0.2, 0) is 6.54 Å². The van der Waals surface area contributed by atoms with Gasteiger partial charge in [0.1, 0.15) is 11.3 Å². The molecular weight excluding hydrogens is 353 g/mol. The van der Waals surface area contributed by atoms with Crippen molar-refractivity contribution >= 4 is 27.8 Å². The van der Waals surface area contributed by atoms with Crippen molar-refractivity contribution < 1.29 is 9.31 Å². The van der Waals surface area contributed by atoms with Crippen LogP contribution in [0.2, 0.25) is 0 Å². The predicted octanol–water partition coefficient (Wildman–Crippen LogP) is 3.40. The molecule has 0 fully saturated rings. The number of nitro benzene ring substituents is 1. The number of aromatic amines is 1. The molecule has 136 valence electrons. The van der Waals surface area contributed by atoms with Crippen molar-refractivity contribution in [2.75, 3.05) is 0 Å². The van der Waals surface area contributed by atoms with E-state index < -0.39 is 22.0 Å². The van der Waals surface area contributed by atoms with E-state index in [-0.39, 0.29) is 16.7 Å². The lowest BCUT2D eigenvalue weighted by atomic mass is 10.1. The van der Waals surface area contributed by atoms with E-state index in [2.05, 4.69) is 15.0 Å². The first kappa shape index (κ1) is 16.8. The number of fused-ring (bicyclic) bond motifs is 2. The molecule has 0 aliphatic heterocycles. The van der Waals surface area contributed by atoms with E-state index in [0.29, 0.717) is 5.56 Å². The van der Waals surface area contributed by atoms with Crippen LogP contribution in [0.1, 0.15) is 13.3 Å². The molecule has 0 spiro atoms. The van der Waals surface area contributed by atoms with E-state index >= 15 is 0 Å². The molecule has 0 saturated heterocycles. The van der Waals surface area contributed by atoms with Crippen LogP contribution < -0.4 is 5.56 Å². The number of aromatic nitrogens is 4. The molecule has 9 heteroatoms. The zero-order valence-electron chi connectivity index (χ0n) is 14.3. The molecule has 1 N–H and O–H groups in total. The monoisotopic (exact) mass is 367 g/mol. The second-order valence-corrected chi connectivity index (χ2v) is 6.10. The van der Waals surface area contributed by atoms with Gasteiger partial charge in [-0.05, 0) is 18.6 Å². The van der Waals surface area contributed by atoms with E-state index in [1.807, 2.05) is 17.6 Å². The first-order valence-electron chi connectivity index (χ1n) is 8.31. The minimum Gasteiger partial charge on any atom is -0.332 e. The van der Waals surface area contributed by atoms with Gasteiger partial charge in [0.15, 0.2) is 0 Å². The summed E-state index contributed by atoms with van der Waals surface area (Å²) in [5.74, 6) is -1.01. The number of H-pyrrole nitrogens is 1. The summed E-state index contributed by atoms with van der Waals surface area (Å²) in [4.78, 5) is 33.9. The zero-order chi connectivity index (χ0) is 19.1. The van der Waals surface area contributed by atoms with Crippen LogP contribution in [0, 0.1) is 15.9 Å². The van der Waals surface area contributed by atoms with Gasteiger partial charge in [0.05, 0.1) is 16.0 Å². The lowest BCUT2D eigenvalue weighted by molar-refractivity contribution is -0.387. The smallest absolute Gasteiger partial charge is 0.307 e. The minimum atomic E-state index is -1.01. The number of nitrogens with one attached hydrogen (secondary N) is 1. The summed E-state index contributed by atoms with van der Waals surface area (Å²) >= 11 is 0. The SMILES string of the molecule is CCCn1cc(-c2nc3cc(F)c([N+](=O)[O-])cc3[nH]c2=O)c2cccnc21. The molecule has 0 radical (unpaired) electrons. The van der Waals surface area contributed by atoms with E-state index in [1.165, 1.54) is 0 Å². The number of nitro groups is 1. The van der Waals surface area contributed by atoms with Gasteiger partial charge in [-0.3, -0.25) is 14.9 Å².